The zero-order chi connectivity index (χ0) is 17.6. The van der Waals surface area contributed by atoms with Gasteiger partial charge in [0.1, 0.15) is 17.0 Å². The first-order valence-electron chi connectivity index (χ1n) is 7.66. The molecule has 0 unspecified atom stereocenters. The van der Waals surface area contributed by atoms with Crippen molar-refractivity contribution in [1.82, 2.24) is 4.98 Å². The maximum atomic E-state index is 12.0. The summed E-state index contributed by atoms with van der Waals surface area (Å²) in [7, 11) is 1.55. The van der Waals surface area contributed by atoms with Gasteiger partial charge in [-0.05, 0) is 30.3 Å². The van der Waals surface area contributed by atoms with Crippen molar-refractivity contribution in [3.63, 3.8) is 0 Å². The van der Waals surface area contributed by atoms with Crippen molar-refractivity contribution in [2.24, 2.45) is 5.73 Å². The SMILES string of the molecule is COc1ccc2[nH]c(C(=N)c3cc4ccccc4o3)c(C(N)=O)c2c1. The van der Waals surface area contributed by atoms with E-state index in [0.29, 0.717) is 33.7 Å². The lowest BCUT2D eigenvalue weighted by molar-refractivity contribution is 0.100. The van der Waals surface area contributed by atoms with Crippen LogP contribution < -0.4 is 10.5 Å². The van der Waals surface area contributed by atoms with E-state index in [1.54, 1.807) is 31.4 Å². The smallest absolute Gasteiger partial charge is 0.251 e. The normalized spacial score (nSPS) is 11.1. The molecule has 0 saturated carbocycles. The Labute approximate surface area is 142 Å². The number of benzene rings is 2. The fourth-order valence-corrected chi connectivity index (χ4v) is 2.97. The minimum absolute atomic E-state index is 0.0696. The summed E-state index contributed by atoms with van der Waals surface area (Å²) in [5.74, 6) is 0.355. The van der Waals surface area contributed by atoms with Crippen LogP contribution in [0.1, 0.15) is 21.8 Å². The molecule has 0 radical (unpaired) electrons. The van der Waals surface area contributed by atoms with Gasteiger partial charge in [-0.15, -0.1) is 0 Å². The fourth-order valence-electron chi connectivity index (χ4n) is 2.97. The van der Waals surface area contributed by atoms with Crippen LogP contribution in [0.15, 0.2) is 52.9 Å². The Kier molecular flexibility index (Phi) is 3.32. The number of nitrogens with one attached hydrogen (secondary N) is 2. The largest absolute Gasteiger partial charge is 0.497 e. The maximum absolute atomic E-state index is 12.0. The molecule has 4 aromatic rings. The van der Waals surface area contributed by atoms with Gasteiger partial charge >= 0.3 is 0 Å². The van der Waals surface area contributed by atoms with E-state index in [9.17, 15) is 4.79 Å². The van der Waals surface area contributed by atoms with Crippen molar-refractivity contribution in [1.29, 1.82) is 5.41 Å². The van der Waals surface area contributed by atoms with E-state index in [-0.39, 0.29) is 11.3 Å². The Balaban J connectivity index is 1.91. The molecule has 2 aromatic heterocycles. The summed E-state index contributed by atoms with van der Waals surface area (Å²) >= 11 is 0. The van der Waals surface area contributed by atoms with Gasteiger partial charge in [0.15, 0.2) is 5.76 Å². The number of aromatic nitrogens is 1. The molecule has 4 N–H and O–H groups in total. The molecule has 6 heteroatoms. The van der Waals surface area contributed by atoms with Gasteiger partial charge in [0, 0.05) is 16.3 Å². The molecule has 4 rings (SSSR count). The van der Waals surface area contributed by atoms with E-state index in [2.05, 4.69) is 4.98 Å². The molecule has 6 nitrogen and oxygen atoms in total. The van der Waals surface area contributed by atoms with Crippen molar-refractivity contribution in [3.05, 3.63) is 65.5 Å². The van der Waals surface area contributed by atoms with Crippen LogP contribution in [0.25, 0.3) is 21.9 Å². The van der Waals surface area contributed by atoms with E-state index in [1.165, 1.54) is 0 Å². The number of carbonyl (C=O) groups excluding carboxylic acids is 1. The summed E-state index contributed by atoms with van der Waals surface area (Å²) < 4.78 is 11.0. The molecule has 0 fully saturated rings. The van der Waals surface area contributed by atoms with Crippen LogP contribution in [0.3, 0.4) is 0 Å². The summed E-state index contributed by atoms with van der Waals surface area (Å²) in [6.07, 6.45) is 0. The summed E-state index contributed by atoms with van der Waals surface area (Å²) in [5.41, 5.74) is 7.61. The molecule has 0 aliphatic carbocycles. The average Bonchev–Trinajstić information content (AvgIpc) is 3.21. The van der Waals surface area contributed by atoms with Gasteiger partial charge in [-0.25, -0.2) is 0 Å². The summed E-state index contributed by atoms with van der Waals surface area (Å²) in [6, 6.07) is 14.6. The Morgan fingerprint density at radius 2 is 2.00 bits per heavy atom. The van der Waals surface area contributed by atoms with Gasteiger partial charge in [0.2, 0.25) is 0 Å². The first-order chi connectivity index (χ1) is 12.1. The number of rotatable bonds is 4. The minimum Gasteiger partial charge on any atom is -0.497 e. The lowest BCUT2D eigenvalue weighted by Crippen LogP contribution is -2.15. The lowest BCUT2D eigenvalue weighted by atomic mass is 10.1. The lowest BCUT2D eigenvalue weighted by Gasteiger charge is -2.02. The van der Waals surface area contributed by atoms with E-state index in [0.717, 1.165) is 5.39 Å². The second-order valence-electron chi connectivity index (χ2n) is 5.67. The number of para-hydroxylation sites is 1. The van der Waals surface area contributed by atoms with Crippen LogP contribution in [0.5, 0.6) is 5.75 Å². The number of methoxy groups -OCH3 is 1. The highest BCUT2D eigenvalue weighted by molar-refractivity contribution is 6.20. The fraction of sp³-hybridized carbons (Fsp3) is 0.0526. The molecule has 0 aliphatic heterocycles. The van der Waals surface area contributed by atoms with E-state index >= 15 is 0 Å². The number of primary amides is 1. The number of ether oxygens (including phenoxy) is 1. The molecule has 124 valence electrons. The van der Waals surface area contributed by atoms with Gasteiger partial charge in [-0.2, -0.15) is 0 Å². The molecular formula is C19H15N3O3. The third-order valence-corrected chi connectivity index (χ3v) is 4.17. The Morgan fingerprint density at radius 1 is 1.20 bits per heavy atom. The molecule has 2 aromatic carbocycles. The van der Waals surface area contributed by atoms with Gasteiger partial charge in [-0.1, -0.05) is 18.2 Å². The van der Waals surface area contributed by atoms with Gasteiger partial charge in [-0.3, -0.25) is 10.2 Å². The molecule has 1 amide bonds. The van der Waals surface area contributed by atoms with Crippen molar-refractivity contribution < 1.29 is 13.9 Å². The second-order valence-corrected chi connectivity index (χ2v) is 5.67. The van der Waals surface area contributed by atoms with Crippen LogP contribution in [-0.2, 0) is 0 Å². The van der Waals surface area contributed by atoms with Crippen molar-refractivity contribution in [2.75, 3.05) is 7.11 Å². The zero-order valence-electron chi connectivity index (χ0n) is 13.4. The number of nitrogens with two attached hydrogens (primary N) is 1. The molecule has 0 bridgehead atoms. The first kappa shape index (κ1) is 15.0. The third kappa shape index (κ3) is 2.35. The Hall–Kier alpha value is -3.54. The summed E-state index contributed by atoms with van der Waals surface area (Å²) in [4.78, 5) is 15.1. The average molecular weight is 333 g/mol. The van der Waals surface area contributed by atoms with Crippen molar-refractivity contribution in [3.8, 4) is 5.75 Å². The monoisotopic (exact) mass is 333 g/mol. The molecule has 25 heavy (non-hydrogen) atoms. The minimum atomic E-state index is -0.615. The molecule has 2 heterocycles. The first-order valence-corrected chi connectivity index (χ1v) is 7.66. The van der Waals surface area contributed by atoms with Crippen LogP contribution in [-0.4, -0.2) is 23.7 Å². The Morgan fingerprint density at radius 3 is 2.72 bits per heavy atom. The highest BCUT2D eigenvalue weighted by Gasteiger charge is 2.22. The van der Waals surface area contributed by atoms with E-state index in [4.69, 9.17) is 20.3 Å². The predicted octanol–water partition coefficient (Wildman–Crippen LogP) is 3.44. The van der Waals surface area contributed by atoms with Crippen LogP contribution in [0.4, 0.5) is 0 Å². The number of hydrogen-bond acceptors (Lipinski definition) is 4. The van der Waals surface area contributed by atoms with Gasteiger partial charge < -0.3 is 19.9 Å². The standard InChI is InChI=1S/C19H15N3O3/c1-24-11-6-7-13-12(9-11)16(19(21)23)18(22-13)17(20)15-8-10-4-2-3-5-14(10)25-15/h2-9,20,22H,1H3,(H2,21,23). The molecule has 0 atom stereocenters. The zero-order valence-corrected chi connectivity index (χ0v) is 13.4. The highest BCUT2D eigenvalue weighted by Crippen LogP contribution is 2.29. The van der Waals surface area contributed by atoms with Gasteiger partial charge in [0.25, 0.3) is 5.91 Å². The summed E-state index contributed by atoms with van der Waals surface area (Å²) in [6.45, 7) is 0. The Bertz CT molecular complexity index is 1100. The number of furan rings is 1. The number of aromatic amines is 1. The van der Waals surface area contributed by atoms with E-state index < -0.39 is 5.91 Å². The summed E-state index contributed by atoms with van der Waals surface area (Å²) in [5, 5.41) is 10.0. The number of amides is 1. The molecule has 0 aliphatic rings. The number of hydrogen-bond donors (Lipinski definition) is 3. The highest BCUT2D eigenvalue weighted by atomic mass is 16.5. The van der Waals surface area contributed by atoms with Crippen LogP contribution in [0, 0.1) is 5.41 Å². The molecular weight excluding hydrogens is 318 g/mol. The van der Waals surface area contributed by atoms with E-state index in [1.807, 2.05) is 24.3 Å². The van der Waals surface area contributed by atoms with Crippen LogP contribution in [0.2, 0.25) is 0 Å². The predicted molar refractivity (Wildman–Crippen MR) is 95.5 cm³/mol. The van der Waals surface area contributed by atoms with Gasteiger partial charge in [0.05, 0.1) is 18.4 Å². The number of fused-ring (bicyclic) bond motifs is 2. The topological polar surface area (TPSA) is 105 Å². The van der Waals surface area contributed by atoms with Crippen LogP contribution >= 0.6 is 0 Å². The third-order valence-electron chi connectivity index (χ3n) is 4.17. The second kappa shape index (κ2) is 5.52. The van der Waals surface area contributed by atoms with Crippen molar-refractivity contribution in [2.45, 2.75) is 0 Å². The molecule has 0 spiro atoms. The number of H-pyrrole nitrogens is 1. The maximum Gasteiger partial charge on any atom is 0.251 e. The molecule has 0 saturated heterocycles. The van der Waals surface area contributed by atoms with Crippen molar-refractivity contribution >= 4 is 33.5 Å². The number of carbonyl (C=O) groups is 1. The quantitative estimate of drug-likeness (QED) is 0.498.